The summed E-state index contributed by atoms with van der Waals surface area (Å²) < 4.78 is 43.8. The minimum Gasteiger partial charge on any atom is -0.492 e. The molecule has 0 fully saturated rings. The number of benzene rings is 1. The van der Waals surface area contributed by atoms with Crippen molar-refractivity contribution in [2.75, 3.05) is 11.9 Å². The van der Waals surface area contributed by atoms with Gasteiger partial charge >= 0.3 is 18.2 Å². The highest BCUT2D eigenvalue weighted by molar-refractivity contribution is 5.91. The van der Waals surface area contributed by atoms with Gasteiger partial charge in [-0.2, -0.15) is 13.2 Å². The summed E-state index contributed by atoms with van der Waals surface area (Å²) in [4.78, 5) is 22.7. The zero-order valence-corrected chi connectivity index (χ0v) is 14.2. The van der Waals surface area contributed by atoms with Crippen molar-refractivity contribution < 1.29 is 32.6 Å². The van der Waals surface area contributed by atoms with Crippen LogP contribution in [0.4, 0.5) is 23.7 Å². The Morgan fingerprint density at radius 3 is 2.40 bits per heavy atom. The number of carbonyl (C=O) groups is 2. The predicted molar refractivity (Wildman–Crippen MR) is 85.7 cm³/mol. The highest BCUT2D eigenvalue weighted by Crippen LogP contribution is 2.35. The number of halogens is 3. The Kier molecular flexibility index (Phi) is 6.66. The summed E-state index contributed by atoms with van der Waals surface area (Å²) >= 11 is 0. The van der Waals surface area contributed by atoms with Gasteiger partial charge in [-0.3, -0.25) is 4.79 Å². The number of carboxylic acid groups (broad SMARTS) is 1. The summed E-state index contributed by atoms with van der Waals surface area (Å²) in [5.41, 5.74) is -1.89. The zero-order valence-electron chi connectivity index (χ0n) is 14.2. The third-order valence-electron chi connectivity index (χ3n) is 3.27. The molecule has 0 radical (unpaired) electrons. The van der Waals surface area contributed by atoms with E-state index in [1.807, 2.05) is 0 Å². The van der Waals surface area contributed by atoms with Gasteiger partial charge in [-0.05, 0) is 45.4 Å². The highest BCUT2D eigenvalue weighted by atomic mass is 19.4. The molecule has 0 atom stereocenters. The lowest BCUT2D eigenvalue weighted by molar-refractivity contribution is -0.138. The second kappa shape index (κ2) is 8.09. The molecule has 9 heteroatoms. The van der Waals surface area contributed by atoms with Gasteiger partial charge < -0.3 is 20.5 Å². The number of amides is 2. The van der Waals surface area contributed by atoms with E-state index in [4.69, 9.17) is 9.84 Å². The largest absolute Gasteiger partial charge is 0.492 e. The molecule has 0 spiro atoms. The maximum atomic E-state index is 12.8. The van der Waals surface area contributed by atoms with Crippen LogP contribution in [0.3, 0.4) is 0 Å². The van der Waals surface area contributed by atoms with Gasteiger partial charge in [-0.15, -0.1) is 0 Å². The number of ether oxygens (including phenoxy) is 1. The van der Waals surface area contributed by atoms with E-state index in [0.29, 0.717) is 0 Å². The molecule has 0 heterocycles. The Balaban J connectivity index is 2.92. The molecule has 0 saturated carbocycles. The normalized spacial score (nSPS) is 11.8. The molecule has 140 valence electrons. The molecule has 0 saturated heterocycles. The van der Waals surface area contributed by atoms with Gasteiger partial charge in [0, 0.05) is 12.0 Å². The Hall–Kier alpha value is -2.45. The number of alkyl halides is 3. The number of rotatable bonds is 7. The van der Waals surface area contributed by atoms with Crippen molar-refractivity contribution in [3.05, 3.63) is 23.8 Å². The second-order valence-electron chi connectivity index (χ2n) is 6.00. The molecule has 0 aliphatic rings. The molecule has 0 aromatic heterocycles. The summed E-state index contributed by atoms with van der Waals surface area (Å²) in [5, 5.41) is 13.6. The molecule has 3 N–H and O–H groups in total. The van der Waals surface area contributed by atoms with E-state index in [-0.39, 0.29) is 30.9 Å². The fourth-order valence-corrected chi connectivity index (χ4v) is 2.03. The fraction of sp³-hybridized carbons (Fsp3) is 0.500. The average molecular weight is 362 g/mol. The summed E-state index contributed by atoms with van der Waals surface area (Å²) in [6.45, 7) is 5.11. The molecule has 0 aliphatic heterocycles. The van der Waals surface area contributed by atoms with Crippen LogP contribution in [0.15, 0.2) is 18.2 Å². The lowest BCUT2D eigenvalue weighted by Gasteiger charge is -2.26. The second-order valence-corrected chi connectivity index (χ2v) is 6.00. The number of carboxylic acids is 1. The van der Waals surface area contributed by atoms with E-state index in [1.54, 1.807) is 20.8 Å². The van der Waals surface area contributed by atoms with Gasteiger partial charge in [0.25, 0.3) is 0 Å². The highest BCUT2D eigenvalue weighted by Gasteiger charge is 2.31. The number of carbonyl (C=O) groups excluding carboxylic acids is 1. The maximum absolute atomic E-state index is 12.8. The third-order valence-corrected chi connectivity index (χ3v) is 3.27. The molecule has 2 amide bonds. The van der Waals surface area contributed by atoms with E-state index in [1.165, 1.54) is 0 Å². The first-order valence-electron chi connectivity index (χ1n) is 7.59. The van der Waals surface area contributed by atoms with Crippen LogP contribution in [0, 0.1) is 0 Å². The number of nitrogens with one attached hydrogen (secondary N) is 2. The first-order valence-corrected chi connectivity index (χ1v) is 7.59. The summed E-state index contributed by atoms with van der Waals surface area (Å²) in [7, 11) is 0. The smallest absolute Gasteiger partial charge is 0.416 e. The average Bonchev–Trinajstić information content (AvgIpc) is 2.45. The number of urea groups is 1. The van der Waals surface area contributed by atoms with Gasteiger partial charge in [0.15, 0.2) is 0 Å². The minimum absolute atomic E-state index is 0.106. The molecule has 1 aromatic carbocycles. The number of aliphatic carboxylic acids is 1. The van der Waals surface area contributed by atoms with Gasteiger partial charge in [0.1, 0.15) is 5.75 Å². The van der Waals surface area contributed by atoms with Crippen LogP contribution in [0.2, 0.25) is 0 Å². The monoisotopic (exact) mass is 362 g/mol. The fourth-order valence-electron chi connectivity index (χ4n) is 2.03. The van der Waals surface area contributed by atoms with Gasteiger partial charge in [0.05, 0.1) is 17.9 Å². The van der Waals surface area contributed by atoms with Gasteiger partial charge in [-0.25, -0.2) is 4.79 Å². The third kappa shape index (κ3) is 6.90. The van der Waals surface area contributed by atoms with Crippen LogP contribution < -0.4 is 15.4 Å². The van der Waals surface area contributed by atoms with Crippen molar-refractivity contribution in [1.29, 1.82) is 0 Å². The Bertz CT molecular complexity index is 630. The van der Waals surface area contributed by atoms with Crippen LogP contribution in [-0.4, -0.2) is 29.3 Å². The first kappa shape index (κ1) is 20.6. The quantitative estimate of drug-likeness (QED) is 0.687. The standard InChI is InChI=1S/C16H21F3N2O4/c1-4-25-12-6-5-10(16(17,18)19)9-11(12)20-14(24)21-15(2,3)8-7-13(22)23/h5-6,9H,4,7-8H2,1-3H3,(H,22,23)(H2,20,21,24). The molecule has 1 rings (SSSR count). The molecule has 25 heavy (non-hydrogen) atoms. The van der Waals surface area contributed by atoms with Gasteiger partial charge in [0.2, 0.25) is 0 Å². The van der Waals surface area contributed by atoms with E-state index in [2.05, 4.69) is 10.6 Å². The summed E-state index contributed by atoms with van der Waals surface area (Å²) in [5.74, 6) is -0.902. The summed E-state index contributed by atoms with van der Waals surface area (Å²) in [6, 6.07) is 2.03. The van der Waals surface area contributed by atoms with Crippen LogP contribution in [0.1, 0.15) is 39.2 Å². The van der Waals surface area contributed by atoms with Crippen molar-refractivity contribution >= 4 is 17.7 Å². The number of hydrogen-bond acceptors (Lipinski definition) is 3. The Morgan fingerprint density at radius 1 is 1.24 bits per heavy atom. The van der Waals surface area contributed by atoms with Crippen molar-refractivity contribution in [3.63, 3.8) is 0 Å². The molecule has 0 unspecified atom stereocenters. The Labute approximate surface area is 143 Å². The SMILES string of the molecule is CCOc1ccc(C(F)(F)F)cc1NC(=O)NC(C)(C)CCC(=O)O. The van der Waals surface area contributed by atoms with Crippen molar-refractivity contribution in [2.24, 2.45) is 0 Å². The summed E-state index contributed by atoms with van der Waals surface area (Å²) in [6.07, 6.45) is -4.55. The van der Waals surface area contributed by atoms with Crippen LogP contribution in [0.25, 0.3) is 0 Å². The van der Waals surface area contributed by atoms with Crippen LogP contribution >= 0.6 is 0 Å². The lowest BCUT2D eigenvalue weighted by atomic mass is 9.99. The lowest BCUT2D eigenvalue weighted by Crippen LogP contribution is -2.45. The predicted octanol–water partition coefficient (Wildman–Crippen LogP) is 3.87. The first-order chi connectivity index (χ1) is 11.4. The molecular formula is C16H21F3N2O4. The van der Waals surface area contributed by atoms with Crippen molar-refractivity contribution in [1.82, 2.24) is 5.32 Å². The van der Waals surface area contributed by atoms with E-state index >= 15 is 0 Å². The maximum Gasteiger partial charge on any atom is 0.416 e. The van der Waals surface area contributed by atoms with Gasteiger partial charge in [-0.1, -0.05) is 0 Å². The molecule has 6 nitrogen and oxygen atoms in total. The minimum atomic E-state index is -4.56. The topological polar surface area (TPSA) is 87.7 Å². The Morgan fingerprint density at radius 2 is 1.88 bits per heavy atom. The zero-order chi connectivity index (χ0) is 19.3. The van der Waals surface area contributed by atoms with E-state index in [0.717, 1.165) is 18.2 Å². The van der Waals surface area contributed by atoms with Crippen LogP contribution in [-0.2, 0) is 11.0 Å². The molecule has 0 bridgehead atoms. The van der Waals surface area contributed by atoms with Crippen molar-refractivity contribution in [3.8, 4) is 5.75 Å². The number of anilines is 1. The molecule has 0 aliphatic carbocycles. The van der Waals surface area contributed by atoms with Crippen molar-refractivity contribution in [2.45, 2.75) is 45.3 Å². The molecule has 1 aromatic rings. The molecular weight excluding hydrogens is 341 g/mol. The van der Waals surface area contributed by atoms with Crippen LogP contribution in [0.5, 0.6) is 5.75 Å². The number of hydrogen-bond donors (Lipinski definition) is 3. The van der Waals surface area contributed by atoms with E-state index in [9.17, 15) is 22.8 Å². The van der Waals surface area contributed by atoms with E-state index < -0.39 is 29.3 Å².